The van der Waals surface area contributed by atoms with Crippen molar-refractivity contribution in [3.8, 4) is 11.5 Å². The van der Waals surface area contributed by atoms with E-state index in [-0.39, 0.29) is 30.9 Å². The Labute approximate surface area is 176 Å². The van der Waals surface area contributed by atoms with Gasteiger partial charge in [0, 0.05) is 11.7 Å². The van der Waals surface area contributed by atoms with Gasteiger partial charge in [-0.1, -0.05) is 12.1 Å². The maximum absolute atomic E-state index is 12.9. The van der Waals surface area contributed by atoms with Crippen molar-refractivity contribution in [3.63, 3.8) is 0 Å². The number of methoxy groups -OCH3 is 2. The van der Waals surface area contributed by atoms with Crippen LogP contribution in [0, 0.1) is 0 Å². The summed E-state index contributed by atoms with van der Waals surface area (Å²) in [5.41, 5.74) is 0.962. The van der Waals surface area contributed by atoms with E-state index in [9.17, 15) is 14.4 Å². The van der Waals surface area contributed by atoms with E-state index in [1.165, 1.54) is 12.0 Å². The number of nitrogens with zero attached hydrogens (tertiary/aromatic N) is 1. The number of anilines is 1. The van der Waals surface area contributed by atoms with Crippen LogP contribution in [0.25, 0.3) is 0 Å². The largest absolute Gasteiger partial charge is 0.497 e. The molecule has 0 atom stereocenters. The van der Waals surface area contributed by atoms with Crippen molar-refractivity contribution in [2.45, 2.75) is 19.9 Å². The lowest BCUT2D eigenvalue weighted by Crippen LogP contribution is -2.45. The van der Waals surface area contributed by atoms with Crippen molar-refractivity contribution < 1.29 is 23.9 Å². The number of carbonyl (C=O) groups excluding carboxylic acids is 3. The molecule has 0 unspecified atom stereocenters. The number of hydrogen-bond donors (Lipinski definition) is 2. The molecule has 0 bridgehead atoms. The zero-order chi connectivity index (χ0) is 22.1. The monoisotopic (exact) mass is 413 g/mol. The smallest absolute Gasteiger partial charge is 0.258 e. The predicted octanol–water partition coefficient (Wildman–Crippen LogP) is 2.31. The molecular weight excluding hydrogens is 386 g/mol. The summed E-state index contributed by atoms with van der Waals surface area (Å²) in [4.78, 5) is 38.8. The van der Waals surface area contributed by atoms with Crippen LogP contribution in [-0.2, 0) is 9.59 Å². The number of amides is 3. The van der Waals surface area contributed by atoms with E-state index >= 15 is 0 Å². The highest BCUT2D eigenvalue weighted by molar-refractivity contribution is 5.99. The van der Waals surface area contributed by atoms with Gasteiger partial charge in [0.2, 0.25) is 11.8 Å². The third-order valence-electron chi connectivity index (χ3n) is 4.36. The lowest BCUT2D eigenvalue weighted by molar-refractivity contribution is -0.124. The lowest BCUT2D eigenvalue weighted by atomic mass is 10.1. The summed E-state index contributed by atoms with van der Waals surface area (Å²) in [6.07, 6.45) is 0. The summed E-state index contributed by atoms with van der Waals surface area (Å²) in [6, 6.07) is 13.5. The van der Waals surface area contributed by atoms with E-state index in [0.717, 1.165) is 0 Å². The van der Waals surface area contributed by atoms with Crippen LogP contribution in [-0.4, -0.2) is 56.0 Å². The molecule has 0 aliphatic heterocycles. The summed E-state index contributed by atoms with van der Waals surface area (Å²) < 4.78 is 10.3. The number of carbonyl (C=O) groups is 3. The van der Waals surface area contributed by atoms with E-state index in [1.807, 2.05) is 13.8 Å². The highest BCUT2D eigenvalue weighted by Gasteiger charge is 2.24. The molecule has 0 aliphatic rings. The molecule has 0 fully saturated rings. The van der Waals surface area contributed by atoms with Crippen LogP contribution in [0.1, 0.15) is 24.2 Å². The molecule has 2 rings (SSSR count). The number of nitrogens with one attached hydrogen (secondary N) is 2. The Kier molecular flexibility index (Phi) is 8.22. The number of para-hydroxylation sites is 1. The van der Waals surface area contributed by atoms with E-state index < -0.39 is 5.91 Å². The van der Waals surface area contributed by atoms with Gasteiger partial charge >= 0.3 is 0 Å². The van der Waals surface area contributed by atoms with Crippen LogP contribution < -0.4 is 20.1 Å². The molecule has 0 saturated heterocycles. The molecule has 30 heavy (non-hydrogen) atoms. The lowest BCUT2D eigenvalue weighted by Gasteiger charge is -2.26. The highest BCUT2D eigenvalue weighted by atomic mass is 16.5. The van der Waals surface area contributed by atoms with E-state index in [4.69, 9.17) is 9.47 Å². The first kappa shape index (κ1) is 22.7. The fourth-order valence-electron chi connectivity index (χ4n) is 2.73. The zero-order valence-corrected chi connectivity index (χ0v) is 17.6. The quantitative estimate of drug-likeness (QED) is 0.658. The highest BCUT2D eigenvalue weighted by Crippen LogP contribution is 2.20. The van der Waals surface area contributed by atoms with Gasteiger partial charge in [-0.3, -0.25) is 14.4 Å². The molecule has 2 N–H and O–H groups in total. The van der Waals surface area contributed by atoms with Gasteiger partial charge in [0.1, 0.15) is 18.0 Å². The second kappa shape index (κ2) is 10.8. The van der Waals surface area contributed by atoms with Crippen LogP contribution in [0.4, 0.5) is 5.69 Å². The summed E-state index contributed by atoms with van der Waals surface area (Å²) in [7, 11) is 3.04. The maximum Gasteiger partial charge on any atom is 0.258 e. The summed E-state index contributed by atoms with van der Waals surface area (Å²) in [5.74, 6) is -0.0139. The average Bonchev–Trinajstić information content (AvgIpc) is 2.75. The third kappa shape index (κ3) is 6.23. The molecule has 0 aliphatic carbocycles. The third-order valence-corrected chi connectivity index (χ3v) is 4.36. The number of rotatable bonds is 9. The van der Waals surface area contributed by atoms with Crippen molar-refractivity contribution in [2.24, 2.45) is 0 Å². The molecule has 0 spiro atoms. The summed E-state index contributed by atoms with van der Waals surface area (Å²) >= 11 is 0. The maximum atomic E-state index is 12.9. The second-order valence-electron chi connectivity index (χ2n) is 6.78. The van der Waals surface area contributed by atoms with E-state index in [2.05, 4.69) is 10.6 Å². The van der Waals surface area contributed by atoms with Crippen molar-refractivity contribution in [3.05, 3.63) is 54.1 Å². The summed E-state index contributed by atoms with van der Waals surface area (Å²) in [6.45, 7) is 3.25. The van der Waals surface area contributed by atoms with Gasteiger partial charge in [0.05, 0.1) is 26.3 Å². The molecule has 0 saturated carbocycles. The normalized spacial score (nSPS) is 10.3. The first-order valence-electron chi connectivity index (χ1n) is 9.50. The Morgan fingerprint density at radius 1 is 0.933 bits per heavy atom. The fraction of sp³-hybridized carbons (Fsp3) is 0.318. The first-order valence-corrected chi connectivity index (χ1v) is 9.50. The van der Waals surface area contributed by atoms with Gasteiger partial charge in [-0.05, 0) is 50.2 Å². The van der Waals surface area contributed by atoms with Gasteiger partial charge in [-0.25, -0.2) is 0 Å². The molecule has 2 aromatic carbocycles. The molecule has 8 heteroatoms. The molecule has 3 amide bonds. The molecule has 0 heterocycles. The number of benzene rings is 2. The second-order valence-corrected chi connectivity index (χ2v) is 6.78. The standard InChI is InChI=1S/C22H27N3O5/c1-15(2)25(22(28)18-7-5-6-8-19(18)30-4)14-21(27)23-13-20(26)24-16-9-11-17(29-3)12-10-16/h5-12,15H,13-14H2,1-4H3,(H,23,27)(H,24,26). The van der Waals surface area contributed by atoms with Gasteiger partial charge in [-0.2, -0.15) is 0 Å². The zero-order valence-electron chi connectivity index (χ0n) is 17.6. The number of ether oxygens (including phenoxy) is 2. The SMILES string of the molecule is COc1ccc(NC(=O)CNC(=O)CN(C(=O)c2ccccc2OC)C(C)C)cc1. The van der Waals surface area contributed by atoms with E-state index in [0.29, 0.717) is 22.7 Å². The Bertz CT molecular complexity index is 881. The van der Waals surface area contributed by atoms with Crippen LogP contribution >= 0.6 is 0 Å². The Hall–Kier alpha value is -3.55. The minimum absolute atomic E-state index is 0.176. The Balaban J connectivity index is 1.93. The average molecular weight is 413 g/mol. The van der Waals surface area contributed by atoms with Crippen LogP contribution in [0.15, 0.2) is 48.5 Å². The molecular formula is C22H27N3O5. The van der Waals surface area contributed by atoms with Crippen molar-refractivity contribution in [1.82, 2.24) is 10.2 Å². The van der Waals surface area contributed by atoms with Gasteiger partial charge < -0.3 is 25.0 Å². The van der Waals surface area contributed by atoms with Gasteiger partial charge in [0.25, 0.3) is 5.91 Å². The summed E-state index contributed by atoms with van der Waals surface area (Å²) in [5, 5.41) is 5.23. The predicted molar refractivity (Wildman–Crippen MR) is 114 cm³/mol. The van der Waals surface area contributed by atoms with Crippen LogP contribution in [0.2, 0.25) is 0 Å². The minimum atomic E-state index is -0.433. The molecule has 0 aromatic heterocycles. The van der Waals surface area contributed by atoms with Gasteiger partial charge in [0.15, 0.2) is 0 Å². The molecule has 160 valence electrons. The van der Waals surface area contributed by atoms with E-state index in [1.54, 1.807) is 55.6 Å². The van der Waals surface area contributed by atoms with Crippen LogP contribution in [0.5, 0.6) is 11.5 Å². The number of hydrogen-bond acceptors (Lipinski definition) is 5. The Morgan fingerprint density at radius 2 is 1.60 bits per heavy atom. The topological polar surface area (TPSA) is 97.0 Å². The van der Waals surface area contributed by atoms with Gasteiger partial charge in [-0.15, -0.1) is 0 Å². The van der Waals surface area contributed by atoms with Crippen molar-refractivity contribution >= 4 is 23.4 Å². The molecule has 2 aromatic rings. The molecule has 8 nitrogen and oxygen atoms in total. The fourth-order valence-corrected chi connectivity index (χ4v) is 2.73. The van der Waals surface area contributed by atoms with Crippen molar-refractivity contribution in [2.75, 3.05) is 32.6 Å². The first-order chi connectivity index (χ1) is 14.3. The minimum Gasteiger partial charge on any atom is -0.497 e. The van der Waals surface area contributed by atoms with Crippen molar-refractivity contribution in [1.29, 1.82) is 0 Å². The molecule has 0 radical (unpaired) electrons. The Morgan fingerprint density at radius 3 is 2.20 bits per heavy atom. The van der Waals surface area contributed by atoms with Crippen LogP contribution in [0.3, 0.4) is 0 Å².